The van der Waals surface area contributed by atoms with Gasteiger partial charge in [0.2, 0.25) is 5.91 Å². The quantitative estimate of drug-likeness (QED) is 0.184. The monoisotopic (exact) mass is 660 g/mol. The van der Waals surface area contributed by atoms with Crippen molar-refractivity contribution in [3.63, 3.8) is 0 Å². The van der Waals surface area contributed by atoms with Gasteiger partial charge in [-0.3, -0.25) is 4.79 Å². The van der Waals surface area contributed by atoms with Crippen molar-refractivity contribution in [3.8, 4) is 11.5 Å². The Morgan fingerprint density at radius 2 is 1.70 bits per heavy atom. The minimum Gasteiger partial charge on any atom is -0.493 e. The van der Waals surface area contributed by atoms with Crippen molar-refractivity contribution in [1.29, 1.82) is 0 Å². The number of aliphatic carboxylic acids is 1. The molecule has 1 aliphatic rings. The number of amides is 1. The van der Waals surface area contributed by atoms with Crippen LogP contribution in [0.25, 0.3) is 10.8 Å². The van der Waals surface area contributed by atoms with Gasteiger partial charge in [-0.25, -0.2) is 18.2 Å². The van der Waals surface area contributed by atoms with E-state index in [0.717, 1.165) is 10.8 Å². The molecule has 1 unspecified atom stereocenters. The number of nitrogen functional groups attached to an aromatic ring is 1. The number of sulfone groups is 1. The minimum absolute atomic E-state index is 0.0619. The van der Waals surface area contributed by atoms with E-state index in [2.05, 4.69) is 15.6 Å². The van der Waals surface area contributed by atoms with Gasteiger partial charge in [-0.15, -0.1) is 0 Å². The average molecular weight is 661 g/mol. The molecule has 1 heterocycles. The highest BCUT2D eigenvalue weighted by atomic mass is 32.2. The number of hydrogen-bond acceptors (Lipinski definition) is 9. The second-order valence-electron chi connectivity index (χ2n) is 10.2. The van der Waals surface area contributed by atoms with Crippen LogP contribution in [0.4, 0.5) is 24.7 Å². The molecule has 1 aromatic heterocycles. The second kappa shape index (κ2) is 13.9. The molecular weight excluding hydrogens is 629 g/mol. The zero-order chi connectivity index (χ0) is 33.6. The van der Waals surface area contributed by atoms with Crippen LogP contribution in [0.1, 0.15) is 30.0 Å². The Bertz CT molecular complexity index is 1850. The van der Waals surface area contributed by atoms with Gasteiger partial charge < -0.3 is 30.9 Å². The highest BCUT2D eigenvalue weighted by Gasteiger charge is 2.39. The van der Waals surface area contributed by atoms with Crippen LogP contribution in [0.15, 0.2) is 77.8 Å². The number of fused-ring (bicyclic) bond motifs is 1. The number of carbonyl (C=O) groups is 2. The molecular formula is C31H31F3N4O7S. The molecule has 4 aromatic rings. The summed E-state index contributed by atoms with van der Waals surface area (Å²) in [4.78, 5) is 27.0. The van der Waals surface area contributed by atoms with Crippen LogP contribution in [0.2, 0.25) is 0 Å². The molecule has 0 radical (unpaired) electrons. The fourth-order valence-electron chi connectivity index (χ4n) is 4.56. The number of carboxylic acids is 1. The Morgan fingerprint density at radius 1 is 1.02 bits per heavy atom. The lowest BCUT2D eigenvalue weighted by atomic mass is 10.0. The summed E-state index contributed by atoms with van der Waals surface area (Å²) in [5.41, 5.74) is 7.89. The summed E-state index contributed by atoms with van der Waals surface area (Å²) >= 11 is 0. The predicted octanol–water partition coefficient (Wildman–Crippen LogP) is 4.87. The van der Waals surface area contributed by atoms with Crippen LogP contribution >= 0.6 is 0 Å². The van der Waals surface area contributed by atoms with Crippen LogP contribution in [0.5, 0.6) is 11.5 Å². The number of nitrogens with two attached hydrogens (primary N) is 1. The van der Waals surface area contributed by atoms with Crippen LogP contribution in [-0.2, 0) is 26.0 Å². The van der Waals surface area contributed by atoms with Crippen LogP contribution in [-0.4, -0.2) is 56.0 Å². The second-order valence-corrected chi connectivity index (χ2v) is 12.4. The van der Waals surface area contributed by atoms with Crippen LogP contribution in [0, 0.1) is 0 Å². The summed E-state index contributed by atoms with van der Waals surface area (Å²) in [7, 11) is -0.344. The van der Waals surface area contributed by atoms with E-state index < -0.39 is 28.0 Å². The average Bonchev–Trinajstić information content (AvgIpc) is 3.89. The summed E-state index contributed by atoms with van der Waals surface area (Å²) in [5.74, 6) is -1.66. The molecule has 11 nitrogen and oxygen atoms in total. The SMILES string of the molecule is COc1ccc(C(Nc2ccc3c(N)nccc3c2)C(=O)NCc2ccccc2S(=O)(=O)C2CC2)cc1OC.O=C(O)C(F)(F)F. The number of ether oxygens (including phenoxy) is 2. The zero-order valence-corrected chi connectivity index (χ0v) is 25.5. The highest BCUT2D eigenvalue weighted by Crippen LogP contribution is 2.35. The summed E-state index contributed by atoms with van der Waals surface area (Å²) in [6.45, 7) is 0.0619. The van der Waals surface area contributed by atoms with Crippen molar-refractivity contribution >= 4 is 44.0 Å². The number of alkyl halides is 3. The lowest BCUT2D eigenvalue weighted by molar-refractivity contribution is -0.192. The standard InChI is InChI=1S/C29H30N4O5S.C2HF3O2/c1-37-24-12-7-19(16-25(24)38-2)27(33-21-8-11-23-18(15-21)13-14-31-28(23)30)29(34)32-17-20-5-3-4-6-26(20)39(35,36)22-9-10-22;3-2(4,5)1(6)7/h3-8,11-16,22,27,33H,9-10,17H2,1-2H3,(H2,30,31)(H,32,34);(H,6,7). The first kappa shape index (κ1) is 33.8. The van der Waals surface area contributed by atoms with Gasteiger partial charge in [0, 0.05) is 23.8 Å². The molecule has 1 fully saturated rings. The summed E-state index contributed by atoms with van der Waals surface area (Å²) in [5, 5.41) is 14.7. The molecule has 244 valence electrons. The highest BCUT2D eigenvalue weighted by molar-refractivity contribution is 7.92. The van der Waals surface area contributed by atoms with Gasteiger partial charge >= 0.3 is 12.1 Å². The number of hydrogen-bond donors (Lipinski definition) is 4. The van der Waals surface area contributed by atoms with E-state index in [4.69, 9.17) is 25.1 Å². The number of nitrogens with zero attached hydrogens (tertiary/aromatic N) is 1. The van der Waals surface area contributed by atoms with Gasteiger partial charge in [0.05, 0.1) is 24.4 Å². The van der Waals surface area contributed by atoms with Crippen molar-refractivity contribution in [1.82, 2.24) is 10.3 Å². The molecule has 1 amide bonds. The van der Waals surface area contributed by atoms with Gasteiger partial charge in [-0.05, 0) is 71.8 Å². The summed E-state index contributed by atoms with van der Waals surface area (Å²) < 4.78 is 68.5. The fraction of sp³-hybridized carbons (Fsp3) is 0.258. The van der Waals surface area contributed by atoms with Gasteiger partial charge in [0.15, 0.2) is 21.3 Å². The first-order chi connectivity index (χ1) is 21.8. The lowest BCUT2D eigenvalue weighted by Crippen LogP contribution is -2.33. The van der Waals surface area contributed by atoms with E-state index in [-0.39, 0.29) is 22.6 Å². The number of pyridine rings is 1. The summed E-state index contributed by atoms with van der Waals surface area (Å²) in [6.07, 6.45) is -2.11. The number of carbonyl (C=O) groups excluding carboxylic acids is 1. The number of rotatable bonds is 10. The first-order valence-corrected chi connectivity index (χ1v) is 15.3. The van der Waals surface area contributed by atoms with E-state index in [1.807, 2.05) is 24.3 Å². The van der Waals surface area contributed by atoms with E-state index >= 15 is 0 Å². The Hall–Kier alpha value is -5.05. The smallest absolute Gasteiger partial charge is 0.490 e. The minimum atomic E-state index is -5.08. The number of carboxylic acid groups (broad SMARTS) is 1. The molecule has 5 N–H and O–H groups in total. The molecule has 5 rings (SSSR count). The largest absolute Gasteiger partial charge is 0.493 e. The third kappa shape index (κ3) is 7.96. The van der Waals surface area contributed by atoms with Gasteiger partial charge in [-0.2, -0.15) is 13.2 Å². The van der Waals surface area contributed by atoms with Crippen LogP contribution in [0.3, 0.4) is 0 Å². The van der Waals surface area contributed by atoms with Crippen molar-refractivity contribution in [2.75, 3.05) is 25.3 Å². The maximum atomic E-state index is 13.7. The molecule has 15 heteroatoms. The molecule has 0 bridgehead atoms. The fourth-order valence-corrected chi connectivity index (χ4v) is 6.45. The number of nitrogens with one attached hydrogen (secondary N) is 2. The van der Waals surface area contributed by atoms with Gasteiger partial charge in [0.25, 0.3) is 0 Å². The molecule has 1 atom stereocenters. The zero-order valence-electron chi connectivity index (χ0n) is 24.7. The number of anilines is 2. The van der Waals surface area contributed by atoms with Gasteiger partial charge in [-0.1, -0.05) is 24.3 Å². The van der Waals surface area contributed by atoms with Crippen molar-refractivity contribution in [2.45, 2.75) is 41.7 Å². The van der Waals surface area contributed by atoms with E-state index in [1.165, 1.54) is 7.11 Å². The van der Waals surface area contributed by atoms with Crippen molar-refractivity contribution < 1.29 is 45.8 Å². The number of aromatic nitrogens is 1. The third-order valence-corrected chi connectivity index (χ3v) is 9.41. The first-order valence-electron chi connectivity index (χ1n) is 13.8. The Morgan fingerprint density at radius 3 is 2.33 bits per heavy atom. The number of halogens is 3. The molecule has 0 aliphatic heterocycles. The third-order valence-electron chi connectivity index (χ3n) is 7.05. The van der Waals surface area contributed by atoms with E-state index in [1.54, 1.807) is 55.8 Å². The van der Waals surface area contributed by atoms with E-state index in [9.17, 15) is 26.4 Å². The summed E-state index contributed by atoms with van der Waals surface area (Å²) in [6, 6.07) is 18.7. The molecule has 0 spiro atoms. The number of benzene rings is 3. The van der Waals surface area contributed by atoms with E-state index in [0.29, 0.717) is 47.0 Å². The van der Waals surface area contributed by atoms with Gasteiger partial charge in [0.1, 0.15) is 11.9 Å². The maximum absolute atomic E-state index is 13.7. The molecule has 46 heavy (non-hydrogen) atoms. The molecule has 3 aromatic carbocycles. The molecule has 1 saturated carbocycles. The Labute approximate surface area is 262 Å². The van der Waals surface area contributed by atoms with Crippen molar-refractivity contribution in [3.05, 3.63) is 84.1 Å². The Kier molecular flexibility index (Phi) is 10.2. The molecule has 1 aliphatic carbocycles. The Balaban J connectivity index is 0.000000617. The van der Waals surface area contributed by atoms with Crippen molar-refractivity contribution in [2.24, 2.45) is 0 Å². The number of methoxy groups -OCH3 is 2. The van der Waals surface area contributed by atoms with Crippen LogP contribution < -0.4 is 25.8 Å². The molecule has 0 saturated heterocycles. The maximum Gasteiger partial charge on any atom is 0.490 e. The normalized spacial score (nSPS) is 13.6. The topological polar surface area (TPSA) is 170 Å². The predicted molar refractivity (Wildman–Crippen MR) is 164 cm³/mol. The lowest BCUT2D eigenvalue weighted by Gasteiger charge is -2.22.